The smallest absolute Gasteiger partial charge is 0.407 e. The lowest BCUT2D eigenvalue weighted by Gasteiger charge is -2.29. The molecule has 16 nitrogen and oxygen atoms in total. The number of alkyl carbamates (subject to hydrolysis) is 2. The van der Waals surface area contributed by atoms with Gasteiger partial charge in [-0.25, -0.2) is 19.6 Å². The number of benzene rings is 1. The Balaban J connectivity index is 1.07. The number of nitrogens with zero attached hydrogens (tertiary/aromatic N) is 4. The molecule has 286 valence electrons. The molecule has 0 spiro atoms. The SMILES string of the molecule is COC(=O)NC(C(=O)N1CCCC1c1ncc(-c2cc3cc4oc(-c5cnc(C6CCCN6C(=O)C(NC(=O)OC)C(C)C)[nH]5)cc4cc3o2)[nH]1)C(C)C. The third kappa shape index (κ3) is 6.99. The second-order valence-electron chi connectivity index (χ2n) is 14.6. The largest absolute Gasteiger partial charge is 0.454 e. The summed E-state index contributed by atoms with van der Waals surface area (Å²) in [6.07, 6.45) is 5.23. The van der Waals surface area contributed by atoms with Gasteiger partial charge in [0.15, 0.2) is 11.5 Å². The van der Waals surface area contributed by atoms with Crippen molar-refractivity contribution in [2.45, 2.75) is 77.5 Å². The molecule has 4 atom stereocenters. The van der Waals surface area contributed by atoms with E-state index in [4.69, 9.17) is 18.3 Å². The summed E-state index contributed by atoms with van der Waals surface area (Å²) in [6.45, 7) is 8.65. The van der Waals surface area contributed by atoms with Crippen molar-refractivity contribution in [3.05, 3.63) is 48.3 Å². The maximum absolute atomic E-state index is 13.6. The van der Waals surface area contributed by atoms with Crippen molar-refractivity contribution in [1.82, 2.24) is 40.4 Å². The van der Waals surface area contributed by atoms with Crippen molar-refractivity contribution in [2.24, 2.45) is 11.8 Å². The first-order valence-electron chi connectivity index (χ1n) is 18.3. The minimum Gasteiger partial charge on any atom is -0.454 e. The number of H-pyrrole nitrogens is 2. The standard InChI is InChI=1S/C38H46N8O8/c1-19(2)31(43-37(49)51-5)35(47)45-11-7-9-25(45)33-39-17-23(41-33)29-15-21-13-28-22(14-27(21)53-29)16-30(54-28)24-18-40-34(42-24)26-10-8-12-46(26)36(48)32(20(3)4)44-38(50)52-6/h13-20,25-26,31-32H,7-12H2,1-6H3,(H,39,41)(H,40,42)(H,43,49)(H,44,50). The third-order valence-electron chi connectivity index (χ3n) is 10.4. The predicted molar refractivity (Wildman–Crippen MR) is 197 cm³/mol. The summed E-state index contributed by atoms with van der Waals surface area (Å²) in [5.74, 6) is 1.88. The van der Waals surface area contributed by atoms with Crippen LogP contribution in [-0.2, 0) is 19.1 Å². The van der Waals surface area contributed by atoms with E-state index in [1.54, 1.807) is 22.2 Å². The molecule has 7 rings (SSSR count). The van der Waals surface area contributed by atoms with Crippen molar-refractivity contribution >= 4 is 45.9 Å². The van der Waals surface area contributed by atoms with E-state index in [2.05, 4.69) is 30.6 Å². The first kappa shape index (κ1) is 36.6. The summed E-state index contributed by atoms with van der Waals surface area (Å²) >= 11 is 0. The normalized spacial score (nSPS) is 18.5. The predicted octanol–water partition coefficient (Wildman–Crippen LogP) is 6.05. The van der Waals surface area contributed by atoms with E-state index in [9.17, 15) is 19.2 Å². The molecule has 0 radical (unpaired) electrons. The second-order valence-corrected chi connectivity index (χ2v) is 14.6. The molecular formula is C38H46N8O8. The molecular weight excluding hydrogens is 696 g/mol. The number of imidazole rings is 2. The van der Waals surface area contributed by atoms with Gasteiger partial charge in [-0.2, -0.15) is 0 Å². The highest BCUT2D eigenvalue weighted by Crippen LogP contribution is 2.37. The Morgan fingerprint density at radius 2 is 1.11 bits per heavy atom. The van der Waals surface area contributed by atoms with E-state index in [1.807, 2.05) is 52.0 Å². The molecule has 2 aliphatic heterocycles. The van der Waals surface area contributed by atoms with Gasteiger partial charge in [-0.05, 0) is 61.8 Å². The van der Waals surface area contributed by atoms with Crippen LogP contribution in [0.2, 0.25) is 0 Å². The van der Waals surface area contributed by atoms with Gasteiger partial charge in [-0.3, -0.25) is 9.59 Å². The summed E-state index contributed by atoms with van der Waals surface area (Å²) in [5.41, 5.74) is 2.68. The van der Waals surface area contributed by atoms with Crippen molar-refractivity contribution in [1.29, 1.82) is 0 Å². The molecule has 4 unspecified atom stereocenters. The lowest BCUT2D eigenvalue weighted by Crippen LogP contribution is -2.51. The minimum atomic E-state index is -0.717. The Hall–Kier alpha value is -5.80. The number of amides is 4. The van der Waals surface area contributed by atoms with Crippen molar-refractivity contribution in [3.8, 4) is 22.9 Å². The molecule has 2 saturated heterocycles. The number of methoxy groups -OCH3 is 2. The van der Waals surface area contributed by atoms with Crippen LogP contribution in [0.1, 0.15) is 77.1 Å². The zero-order valence-corrected chi connectivity index (χ0v) is 31.2. The van der Waals surface area contributed by atoms with Gasteiger partial charge in [-0.15, -0.1) is 0 Å². The Bertz CT molecular complexity index is 1980. The number of aromatic nitrogens is 4. The molecule has 54 heavy (non-hydrogen) atoms. The van der Waals surface area contributed by atoms with Crippen LogP contribution in [-0.4, -0.2) is 93.1 Å². The molecule has 16 heteroatoms. The number of fused-ring (bicyclic) bond motifs is 2. The zero-order valence-electron chi connectivity index (χ0n) is 31.2. The molecule has 6 heterocycles. The van der Waals surface area contributed by atoms with Gasteiger partial charge in [0.1, 0.15) is 46.3 Å². The number of rotatable bonds is 10. The van der Waals surface area contributed by atoms with Crippen LogP contribution in [0, 0.1) is 11.8 Å². The fourth-order valence-corrected chi connectivity index (χ4v) is 7.49. The summed E-state index contributed by atoms with van der Waals surface area (Å²) in [4.78, 5) is 70.5. The molecule has 1 aromatic carbocycles. The molecule has 2 aliphatic rings. The minimum absolute atomic E-state index is 0.129. The number of hydrogen-bond acceptors (Lipinski definition) is 10. The van der Waals surface area contributed by atoms with Crippen LogP contribution in [0.15, 0.2) is 45.5 Å². The summed E-state index contributed by atoms with van der Waals surface area (Å²) < 4.78 is 22.1. The Morgan fingerprint density at radius 3 is 1.48 bits per heavy atom. The maximum Gasteiger partial charge on any atom is 0.407 e. The van der Waals surface area contributed by atoms with E-state index >= 15 is 0 Å². The molecule has 4 amide bonds. The van der Waals surface area contributed by atoms with E-state index in [-0.39, 0.29) is 35.7 Å². The Morgan fingerprint density at radius 1 is 0.704 bits per heavy atom. The highest BCUT2D eigenvalue weighted by atomic mass is 16.5. The van der Waals surface area contributed by atoms with Gasteiger partial charge in [0.05, 0.1) is 38.7 Å². The first-order chi connectivity index (χ1) is 25.9. The van der Waals surface area contributed by atoms with Gasteiger partial charge in [-0.1, -0.05) is 27.7 Å². The average Bonchev–Trinajstić information content (AvgIpc) is 4.00. The number of carbonyl (C=O) groups is 4. The van der Waals surface area contributed by atoms with E-state index < -0.39 is 24.3 Å². The molecule has 0 bridgehead atoms. The molecule has 4 N–H and O–H groups in total. The van der Waals surface area contributed by atoms with Crippen LogP contribution in [0.4, 0.5) is 9.59 Å². The second kappa shape index (κ2) is 14.9. The Kier molecular flexibility index (Phi) is 10.1. The molecule has 4 aromatic heterocycles. The van der Waals surface area contributed by atoms with Gasteiger partial charge in [0.2, 0.25) is 11.8 Å². The molecule has 0 aliphatic carbocycles. The fraction of sp³-hybridized carbons (Fsp3) is 0.474. The van der Waals surface area contributed by atoms with Crippen LogP contribution >= 0.6 is 0 Å². The number of nitrogens with one attached hydrogen (secondary N) is 4. The summed E-state index contributed by atoms with van der Waals surface area (Å²) in [6, 6.07) is 5.71. The monoisotopic (exact) mass is 742 g/mol. The topological polar surface area (TPSA) is 201 Å². The van der Waals surface area contributed by atoms with Crippen LogP contribution < -0.4 is 10.6 Å². The van der Waals surface area contributed by atoms with Gasteiger partial charge < -0.3 is 48.7 Å². The van der Waals surface area contributed by atoms with E-state index in [0.29, 0.717) is 58.8 Å². The van der Waals surface area contributed by atoms with Gasteiger partial charge in [0.25, 0.3) is 0 Å². The van der Waals surface area contributed by atoms with Crippen molar-refractivity contribution in [3.63, 3.8) is 0 Å². The molecule has 2 fully saturated rings. The van der Waals surface area contributed by atoms with E-state index in [1.165, 1.54) is 14.2 Å². The van der Waals surface area contributed by atoms with Crippen molar-refractivity contribution < 1.29 is 37.5 Å². The van der Waals surface area contributed by atoms with Crippen molar-refractivity contribution in [2.75, 3.05) is 27.3 Å². The van der Waals surface area contributed by atoms with Crippen LogP contribution in [0.25, 0.3) is 44.8 Å². The highest BCUT2D eigenvalue weighted by Gasteiger charge is 2.39. The number of ether oxygens (including phenoxy) is 2. The number of likely N-dealkylation sites (tertiary alicyclic amines) is 2. The zero-order chi connectivity index (χ0) is 38.3. The number of hydrogen-bond donors (Lipinski definition) is 4. The lowest BCUT2D eigenvalue weighted by molar-refractivity contribution is -0.136. The molecule has 5 aromatic rings. The number of carbonyl (C=O) groups excluding carboxylic acids is 4. The summed E-state index contributed by atoms with van der Waals surface area (Å²) in [7, 11) is 2.55. The van der Waals surface area contributed by atoms with Crippen LogP contribution in [0.5, 0.6) is 0 Å². The van der Waals surface area contributed by atoms with Gasteiger partial charge in [0, 0.05) is 23.9 Å². The third-order valence-corrected chi connectivity index (χ3v) is 10.4. The fourth-order valence-electron chi connectivity index (χ4n) is 7.49. The van der Waals surface area contributed by atoms with E-state index in [0.717, 1.165) is 36.5 Å². The average molecular weight is 743 g/mol. The Labute approximate surface area is 311 Å². The maximum atomic E-state index is 13.6. The summed E-state index contributed by atoms with van der Waals surface area (Å²) in [5, 5.41) is 7.03. The number of aromatic amines is 2. The highest BCUT2D eigenvalue weighted by molar-refractivity contribution is 5.96. The quantitative estimate of drug-likeness (QED) is 0.131. The van der Waals surface area contributed by atoms with Crippen LogP contribution in [0.3, 0.4) is 0 Å². The first-order valence-corrected chi connectivity index (χ1v) is 18.3. The number of furan rings is 2. The molecule has 0 saturated carbocycles. The lowest BCUT2D eigenvalue weighted by atomic mass is 10.0. The van der Waals surface area contributed by atoms with Gasteiger partial charge >= 0.3 is 12.2 Å².